The molecule has 0 amide bonds. The molecule has 26 heavy (non-hydrogen) atoms. The van der Waals surface area contributed by atoms with Gasteiger partial charge in [-0.2, -0.15) is 0 Å². The minimum Gasteiger partial charge on any atom is -0.496 e. The zero-order valence-corrected chi connectivity index (χ0v) is 14.6. The summed E-state index contributed by atoms with van der Waals surface area (Å²) in [6.07, 6.45) is -1.58. The first-order chi connectivity index (χ1) is 12.5. The Morgan fingerprint density at radius 2 is 1.73 bits per heavy atom. The minimum atomic E-state index is -1.08. The quantitative estimate of drug-likeness (QED) is 0.724. The summed E-state index contributed by atoms with van der Waals surface area (Å²) < 4.78 is 19.0. The summed E-state index contributed by atoms with van der Waals surface area (Å²) in [6.45, 7) is -0.0566. The van der Waals surface area contributed by atoms with E-state index in [1.165, 1.54) is 19.2 Å². The Hall–Kier alpha value is -1.99. The summed E-state index contributed by atoms with van der Waals surface area (Å²) in [5.41, 5.74) is 1.61. The molecule has 6 heteroatoms. The average molecular weight is 361 g/mol. The van der Waals surface area contributed by atoms with Crippen LogP contribution in [-0.2, 0) is 13.0 Å². The first kappa shape index (κ1) is 18.8. The second-order valence-corrected chi connectivity index (χ2v) is 6.62. The Morgan fingerprint density at radius 3 is 2.38 bits per heavy atom. The van der Waals surface area contributed by atoms with Gasteiger partial charge in [-0.1, -0.05) is 30.3 Å². The highest BCUT2D eigenvalue weighted by molar-refractivity contribution is 5.34. The molecule has 0 aliphatic carbocycles. The second kappa shape index (κ2) is 8.14. The van der Waals surface area contributed by atoms with Gasteiger partial charge in [0, 0.05) is 18.2 Å². The van der Waals surface area contributed by atoms with Crippen LogP contribution in [0.3, 0.4) is 0 Å². The van der Waals surface area contributed by atoms with E-state index >= 15 is 0 Å². The van der Waals surface area contributed by atoms with Crippen LogP contribution >= 0.6 is 0 Å². The van der Waals surface area contributed by atoms with Crippen molar-refractivity contribution in [3.05, 3.63) is 65.5 Å². The van der Waals surface area contributed by atoms with Gasteiger partial charge in [0.15, 0.2) is 0 Å². The maximum Gasteiger partial charge on any atom is 0.123 e. The number of aliphatic hydroxyl groups excluding tert-OH is 3. The molecule has 140 valence electrons. The molecule has 1 heterocycles. The van der Waals surface area contributed by atoms with E-state index in [0.29, 0.717) is 17.7 Å². The lowest BCUT2D eigenvalue weighted by atomic mass is 10.0. The Balaban J connectivity index is 1.91. The zero-order valence-electron chi connectivity index (χ0n) is 14.6. The summed E-state index contributed by atoms with van der Waals surface area (Å²) in [6, 6.07) is 12.9. The third-order valence-electron chi connectivity index (χ3n) is 5.06. The second-order valence-electron chi connectivity index (χ2n) is 6.62. The number of nitrogens with zero attached hydrogens (tertiary/aromatic N) is 1. The van der Waals surface area contributed by atoms with E-state index < -0.39 is 24.3 Å². The fourth-order valence-electron chi connectivity index (χ4n) is 3.70. The lowest BCUT2D eigenvalue weighted by molar-refractivity contribution is 0.0178. The van der Waals surface area contributed by atoms with Crippen molar-refractivity contribution in [3.8, 4) is 5.75 Å². The number of methoxy groups -OCH3 is 1. The fraction of sp³-hybridized carbons (Fsp3) is 0.400. The molecule has 2 aromatic carbocycles. The molecule has 5 nitrogen and oxygen atoms in total. The van der Waals surface area contributed by atoms with Crippen LogP contribution in [0.1, 0.15) is 11.1 Å². The highest BCUT2D eigenvalue weighted by Gasteiger charge is 2.47. The highest BCUT2D eigenvalue weighted by Crippen LogP contribution is 2.32. The largest absolute Gasteiger partial charge is 0.496 e. The van der Waals surface area contributed by atoms with Crippen molar-refractivity contribution in [1.29, 1.82) is 0 Å². The highest BCUT2D eigenvalue weighted by atomic mass is 19.1. The van der Waals surface area contributed by atoms with Crippen molar-refractivity contribution >= 4 is 0 Å². The van der Waals surface area contributed by atoms with Crippen LogP contribution in [0, 0.1) is 5.82 Å². The third kappa shape index (κ3) is 3.73. The van der Waals surface area contributed by atoms with Gasteiger partial charge >= 0.3 is 0 Å². The van der Waals surface area contributed by atoms with E-state index in [0.717, 1.165) is 5.56 Å². The van der Waals surface area contributed by atoms with Crippen LogP contribution in [0.25, 0.3) is 0 Å². The maximum absolute atomic E-state index is 13.7. The Labute approximate surface area is 152 Å². The first-order valence-electron chi connectivity index (χ1n) is 8.64. The molecule has 3 N–H and O–H groups in total. The lowest BCUT2D eigenvalue weighted by Gasteiger charge is -2.30. The molecule has 4 atom stereocenters. The number of hydrogen-bond donors (Lipinski definition) is 3. The Morgan fingerprint density at radius 1 is 1.04 bits per heavy atom. The minimum absolute atomic E-state index is 0.248. The van der Waals surface area contributed by atoms with Crippen molar-refractivity contribution in [2.75, 3.05) is 13.7 Å². The summed E-state index contributed by atoms with van der Waals surface area (Å²) in [5, 5.41) is 30.7. The van der Waals surface area contributed by atoms with Gasteiger partial charge in [-0.05, 0) is 30.2 Å². The zero-order chi connectivity index (χ0) is 18.7. The van der Waals surface area contributed by atoms with Crippen LogP contribution in [0.4, 0.5) is 4.39 Å². The van der Waals surface area contributed by atoms with Crippen LogP contribution in [-0.4, -0.2) is 58.2 Å². The lowest BCUT2D eigenvalue weighted by Crippen LogP contribution is -2.41. The number of benzene rings is 2. The van der Waals surface area contributed by atoms with Crippen LogP contribution < -0.4 is 4.74 Å². The molecule has 0 spiro atoms. The number of hydrogen-bond acceptors (Lipinski definition) is 5. The molecule has 2 aromatic rings. The van der Waals surface area contributed by atoms with Crippen molar-refractivity contribution < 1.29 is 24.4 Å². The summed E-state index contributed by atoms with van der Waals surface area (Å²) in [5.74, 6) is 0.138. The Bertz CT molecular complexity index is 727. The van der Waals surface area contributed by atoms with Crippen LogP contribution in [0.2, 0.25) is 0 Å². The predicted octanol–water partition coefficient (Wildman–Crippen LogP) is 1.34. The van der Waals surface area contributed by atoms with Gasteiger partial charge in [-0.3, -0.25) is 4.90 Å². The van der Waals surface area contributed by atoms with Gasteiger partial charge in [0.1, 0.15) is 11.6 Å². The molecule has 0 saturated carbocycles. The van der Waals surface area contributed by atoms with Gasteiger partial charge in [0.2, 0.25) is 0 Å². The van der Waals surface area contributed by atoms with E-state index in [9.17, 15) is 19.7 Å². The monoisotopic (exact) mass is 361 g/mol. The van der Waals surface area contributed by atoms with Gasteiger partial charge in [-0.25, -0.2) is 4.39 Å². The van der Waals surface area contributed by atoms with E-state index in [1.54, 1.807) is 6.07 Å². The smallest absolute Gasteiger partial charge is 0.123 e. The molecule has 0 bridgehead atoms. The van der Waals surface area contributed by atoms with Gasteiger partial charge in [0.05, 0.1) is 32.0 Å². The molecule has 1 aliphatic heterocycles. The fourth-order valence-corrected chi connectivity index (χ4v) is 3.70. The van der Waals surface area contributed by atoms with E-state index in [2.05, 4.69) is 0 Å². The summed E-state index contributed by atoms with van der Waals surface area (Å²) in [4.78, 5) is 1.83. The van der Waals surface area contributed by atoms with Crippen molar-refractivity contribution in [1.82, 2.24) is 4.90 Å². The standard InChI is InChI=1S/C20H24FNO4/c1-26-18-8-7-15(21)10-14(18)11-22-16(9-13-5-3-2-4-6-13)19(24)20(25)17(22)12-23/h2-8,10,16-17,19-20,23-25H,9,11-12H2,1H3/t16-,17+,19-,20+/m0/s1. The molecular weight excluding hydrogens is 337 g/mol. The summed E-state index contributed by atoms with van der Waals surface area (Å²) in [7, 11) is 1.51. The topological polar surface area (TPSA) is 73.2 Å². The number of rotatable bonds is 6. The van der Waals surface area contributed by atoms with Crippen molar-refractivity contribution in [2.45, 2.75) is 37.3 Å². The molecule has 1 saturated heterocycles. The van der Waals surface area contributed by atoms with Crippen LogP contribution in [0.15, 0.2) is 48.5 Å². The van der Waals surface area contributed by atoms with Crippen LogP contribution in [0.5, 0.6) is 5.75 Å². The molecule has 1 fully saturated rings. The predicted molar refractivity (Wildman–Crippen MR) is 95.3 cm³/mol. The van der Waals surface area contributed by atoms with Crippen molar-refractivity contribution in [3.63, 3.8) is 0 Å². The van der Waals surface area contributed by atoms with Gasteiger partial charge < -0.3 is 20.1 Å². The van der Waals surface area contributed by atoms with Gasteiger partial charge in [0.25, 0.3) is 0 Å². The number of ether oxygens (including phenoxy) is 1. The molecular formula is C20H24FNO4. The Kier molecular flexibility index (Phi) is 5.88. The first-order valence-corrected chi connectivity index (χ1v) is 8.64. The average Bonchev–Trinajstić information content (AvgIpc) is 2.87. The van der Waals surface area contributed by atoms with E-state index in [4.69, 9.17) is 4.74 Å². The van der Waals surface area contributed by atoms with Gasteiger partial charge in [-0.15, -0.1) is 0 Å². The normalized spacial score (nSPS) is 26.2. The summed E-state index contributed by atoms with van der Waals surface area (Å²) >= 11 is 0. The molecule has 3 rings (SSSR count). The SMILES string of the molecule is COc1ccc(F)cc1CN1[C@H](CO)[C@@H](O)[C@@H](O)[C@@H]1Cc1ccccc1. The number of aliphatic hydroxyl groups is 3. The number of likely N-dealkylation sites (tertiary alicyclic amines) is 1. The molecule has 0 aromatic heterocycles. The molecule has 1 aliphatic rings. The molecule has 0 unspecified atom stereocenters. The van der Waals surface area contributed by atoms with E-state index in [1.807, 2.05) is 35.2 Å². The molecule has 0 radical (unpaired) electrons. The number of halogens is 1. The van der Waals surface area contributed by atoms with E-state index in [-0.39, 0.29) is 19.0 Å². The van der Waals surface area contributed by atoms with Crippen molar-refractivity contribution in [2.24, 2.45) is 0 Å². The maximum atomic E-state index is 13.7. The third-order valence-corrected chi connectivity index (χ3v) is 5.06.